The standard InChI is InChI=1S/C20H17N3O4S2/c1-26-15-5-3-13(4-6-15)21-20-22-14(10-29-20)9-27-19(25)12-2-7-17-16(8-12)23-18(24)11-28-17/h2-8,10H,9,11H2,1H3,(H,21,22)(H,23,24). The predicted molar refractivity (Wildman–Crippen MR) is 113 cm³/mol. The Morgan fingerprint density at radius 1 is 1.24 bits per heavy atom. The van der Waals surface area contributed by atoms with Crippen LogP contribution in [0, 0.1) is 0 Å². The number of aromatic nitrogens is 1. The van der Waals surface area contributed by atoms with Crippen LogP contribution in [0.2, 0.25) is 0 Å². The number of thiazole rings is 1. The highest BCUT2D eigenvalue weighted by Crippen LogP contribution is 2.32. The van der Waals surface area contributed by atoms with Gasteiger partial charge in [-0.05, 0) is 42.5 Å². The molecule has 9 heteroatoms. The summed E-state index contributed by atoms with van der Waals surface area (Å²) in [6.07, 6.45) is 0. The molecule has 0 atom stereocenters. The third-order valence-electron chi connectivity index (χ3n) is 4.09. The molecule has 0 unspecified atom stereocenters. The number of nitrogens with zero attached hydrogens (tertiary/aromatic N) is 1. The molecule has 0 bridgehead atoms. The van der Waals surface area contributed by atoms with E-state index in [4.69, 9.17) is 9.47 Å². The van der Waals surface area contributed by atoms with Crippen molar-refractivity contribution in [3.05, 3.63) is 59.1 Å². The van der Waals surface area contributed by atoms with E-state index in [0.29, 0.717) is 27.8 Å². The number of anilines is 3. The summed E-state index contributed by atoms with van der Waals surface area (Å²) in [6, 6.07) is 12.7. The van der Waals surface area contributed by atoms with Crippen molar-refractivity contribution < 1.29 is 19.1 Å². The van der Waals surface area contributed by atoms with E-state index in [1.165, 1.54) is 23.1 Å². The summed E-state index contributed by atoms with van der Waals surface area (Å²) in [7, 11) is 1.62. The smallest absolute Gasteiger partial charge is 0.338 e. The first-order valence-electron chi connectivity index (χ1n) is 8.70. The van der Waals surface area contributed by atoms with Crippen LogP contribution < -0.4 is 15.4 Å². The largest absolute Gasteiger partial charge is 0.497 e. The van der Waals surface area contributed by atoms with Crippen LogP contribution in [0.4, 0.5) is 16.5 Å². The van der Waals surface area contributed by atoms with E-state index in [1.807, 2.05) is 35.7 Å². The summed E-state index contributed by atoms with van der Waals surface area (Å²) < 4.78 is 10.5. The highest BCUT2D eigenvalue weighted by Gasteiger charge is 2.18. The highest BCUT2D eigenvalue weighted by molar-refractivity contribution is 8.00. The van der Waals surface area contributed by atoms with Gasteiger partial charge in [0.1, 0.15) is 12.4 Å². The summed E-state index contributed by atoms with van der Waals surface area (Å²) in [6.45, 7) is 0.0673. The van der Waals surface area contributed by atoms with Gasteiger partial charge < -0.3 is 20.1 Å². The van der Waals surface area contributed by atoms with Crippen molar-refractivity contribution in [2.24, 2.45) is 0 Å². The van der Waals surface area contributed by atoms with Gasteiger partial charge in [-0.2, -0.15) is 0 Å². The molecule has 3 aromatic rings. The maximum atomic E-state index is 12.3. The number of carbonyl (C=O) groups is 2. The van der Waals surface area contributed by atoms with Gasteiger partial charge in [0.05, 0.1) is 29.8 Å². The number of ether oxygens (including phenoxy) is 2. The Balaban J connectivity index is 1.35. The molecule has 7 nitrogen and oxygen atoms in total. The maximum Gasteiger partial charge on any atom is 0.338 e. The molecule has 1 aliphatic heterocycles. The first-order chi connectivity index (χ1) is 14.1. The number of hydrogen-bond acceptors (Lipinski definition) is 8. The van der Waals surface area contributed by atoms with Gasteiger partial charge in [0.15, 0.2) is 5.13 Å². The summed E-state index contributed by atoms with van der Waals surface area (Å²) in [5.41, 5.74) is 2.57. The van der Waals surface area contributed by atoms with Crippen molar-refractivity contribution in [1.82, 2.24) is 4.98 Å². The zero-order valence-corrected chi connectivity index (χ0v) is 17.1. The first-order valence-corrected chi connectivity index (χ1v) is 10.6. The molecule has 2 heterocycles. The van der Waals surface area contributed by atoms with Gasteiger partial charge in [0.2, 0.25) is 5.91 Å². The third kappa shape index (κ3) is 4.69. The van der Waals surface area contributed by atoms with Crippen LogP contribution >= 0.6 is 23.1 Å². The number of methoxy groups -OCH3 is 1. The second-order valence-electron chi connectivity index (χ2n) is 6.12. The summed E-state index contributed by atoms with van der Waals surface area (Å²) >= 11 is 2.87. The number of fused-ring (bicyclic) bond motifs is 1. The van der Waals surface area contributed by atoms with Crippen LogP contribution in [-0.4, -0.2) is 29.7 Å². The molecule has 0 saturated carbocycles. The number of amides is 1. The van der Waals surface area contributed by atoms with E-state index in [9.17, 15) is 9.59 Å². The van der Waals surface area contributed by atoms with Crippen molar-refractivity contribution in [3.8, 4) is 5.75 Å². The van der Waals surface area contributed by atoms with Crippen LogP contribution in [0.1, 0.15) is 16.1 Å². The Bertz CT molecular complexity index is 1050. The Morgan fingerprint density at radius 2 is 2.07 bits per heavy atom. The van der Waals surface area contributed by atoms with Crippen LogP contribution in [0.5, 0.6) is 5.75 Å². The van der Waals surface area contributed by atoms with Crippen molar-refractivity contribution in [2.45, 2.75) is 11.5 Å². The molecule has 0 saturated heterocycles. The number of thioether (sulfide) groups is 1. The lowest BCUT2D eigenvalue weighted by molar-refractivity contribution is -0.113. The van der Waals surface area contributed by atoms with Crippen molar-refractivity contribution >= 4 is 51.5 Å². The third-order valence-corrected chi connectivity index (χ3v) is 5.97. The van der Waals surface area contributed by atoms with E-state index >= 15 is 0 Å². The lowest BCUT2D eigenvalue weighted by Gasteiger charge is -2.16. The number of benzene rings is 2. The first kappa shape index (κ1) is 19.3. The quantitative estimate of drug-likeness (QED) is 0.567. The molecule has 148 valence electrons. The van der Waals surface area contributed by atoms with Gasteiger partial charge in [0, 0.05) is 16.0 Å². The Kier molecular flexibility index (Phi) is 5.68. The molecule has 0 aliphatic carbocycles. The molecule has 1 amide bonds. The summed E-state index contributed by atoms with van der Waals surface area (Å²) in [5.74, 6) is 0.623. The summed E-state index contributed by atoms with van der Waals surface area (Å²) in [4.78, 5) is 29.2. The number of carbonyl (C=O) groups excluding carboxylic acids is 2. The average molecular weight is 428 g/mol. The molecular formula is C20H17N3O4S2. The van der Waals surface area contributed by atoms with E-state index in [2.05, 4.69) is 15.6 Å². The van der Waals surface area contributed by atoms with Crippen LogP contribution in [0.3, 0.4) is 0 Å². The van der Waals surface area contributed by atoms with E-state index in [0.717, 1.165) is 16.3 Å². The number of nitrogens with one attached hydrogen (secondary N) is 2. The van der Waals surface area contributed by atoms with Crippen molar-refractivity contribution in [1.29, 1.82) is 0 Å². The Hall–Kier alpha value is -3.04. The SMILES string of the molecule is COc1ccc(Nc2nc(COC(=O)c3ccc4c(c3)NC(=O)CS4)cs2)cc1. The lowest BCUT2D eigenvalue weighted by atomic mass is 10.2. The average Bonchev–Trinajstić information content (AvgIpc) is 3.19. The number of rotatable bonds is 6. The molecule has 0 spiro atoms. The monoisotopic (exact) mass is 427 g/mol. The van der Waals surface area contributed by atoms with E-state index < -0.39 is 5.97 Å². The van der Waals surface area contributed by atoms with Gasteiger partial charge in [-0.25, -0.2) is 9.78 Å². The van der Waals surface area contributed by atoms with Gasteiger partial charge in [-0.3, -0.25) is 4.79 Å². The molecular weight excluding hydrogens is 410 g/mol. The highest BCUT2D eigenvalue weighted by atomic mass is 32.2. The fourth-order valence-electron chi connectivity index (χ4n) is 2.66. The van der Waals surface area contributed by atoms with Crippen LogP contribution in [0.15, 0.2) is 52.7 Å². The fourth-order valence-corrected chi connectivity index (χ4v) is 4.17. The minimum absolute atomic E-state index is 0.0673. The predicted octanol–water partition coefficient (Wildman–Crippen LogP) is 4.30. The lowest BCUT2D eigenvalue weighted by Crippen LogP contribution is -2.19. The zero-order chi connectivity index (χ0) is 20.2. The molecule has 0 fully saturated rings. The second-order valence-corrected chi connectivity index (χ2v) is 8.00. The van der Waals surface area contributed by atoms with Gasteiger partial charge in [0.25, 0.3) is 0 Å². The maximum absolute atomic E-state index is 12.3. The molecule has 2 aromatic carbocycles. The second kappa shape index (κ2) is 8.54. The van der Waals surface area contributed by atoms with E-state index in [-0.39, 0.29) is 12.5 Å². The van der Waals surface area contributed by atoms with Gasteiger partial charge in [-0.1, -0.05) is 0 Å². The Labute approximate surface area is 175 Å². The summed E-state index contributed by atoms with van der Waals surface area (Å²) in [5, 5.41) is 8.51. The van der Waals surface area contributed by atoms with E-state index in [1.54, 1.807) is 19.2 Å². The van der Waals surface area contributed by atoms with Gasteiger partial charge in [-0.15, -0.1) is 23.1 Å². The molecule has 1 aromatic heterocycles. The minimum Gasteiger partial charge on any atom is -0.497 e. The normalized spacial score (nSPS) is 12.7. The topological polar surface area (TPSA) is 89.5 Å². The molecule has 0 radical (unpaired) electrons. The minimum atomic E-state index is -0.463. The Morgan fingerprint density at radius 3 is 2.86 bits per heavy atom. The van der Waals surface area contributed by atoms with Crippen molar-refractivity contribution in [2.75, 3.05) is 23.5 Å². The zero-order valence-electron chi connectivity index (χ0n) is 15.4. The van der Waals surface area contributed by atoms with Crippen LogP contribution in [-0.2, 0) is 16.1 Å². The molecule has 1 aliphatic rings. The van der Waals surface area contributed by atoms with Crippen LogP contribution in [0.25, 0.3) is 0 Å². The van der Waals surface area contributed by atoms with Gasteiger partial charge >= 0.3 is 5.97 Å². The molecule has 2 N–H and O–H groups in total. The molecule has 4 rings (SSSR count). The number of esters is 1. The fraction of sp³-hybridized carbons (Fsp3) is 0.150. The van der Waals surface area contributed by atoms with Crippen molar-refractivity contribution in [3.63, 3.8) is 0 Å². The molecule has 29 heavy (non-hydrogen) atoms. The number of hydrogen-bond donors (Lipinski definition) is 2.